The number of imide groups is 1. The van der Waals surface area contributed by atoms with Crippen LogP contribution in [0.1, 0.15) is 16.7 Å². The summed E-state index contributed by atoms with van der Waals surface area (Å²) in [5.41, 5.74) is 2.57. The van der Waals surface area contributed by atoms with Gasteiger partial charge in [-0.1, -0.05) is 30.3 Å². The molecule has 2 fully saturated rings. The van der Waals surface area contributed by atoms with E-state index in [0.717, 1.165) is 22.0 Å². The number of nitrogens with one attached hydrogen (secondary N) is 3. The standard InChI is InChI=1S/C29H23FN4O3/c1-15-5-4-6-18(11-15)34-26(35)24-23(12-16-14-31-21-8-3-2-7-19(16)21)33-29(25(24)27(34)36)20-13-17(30)9-10-22(20)32-28(29)37/h2-11,13-14,23-25,31,33H,12H2,1H3,(H,32,37). The second-order valence-electron chi connectivity index (χ2n) is 10.1. The molecule has 4 heterocycles. The Morgan fingerprint density at radius 3 is 2.65 bits per heavy atom. The fourth-order valence-corrected chi connectivity index (χ4v) is 6.51. The first-order valence-corrected chi connectivity index (χ1v) is 12.3. The lowest BCUT2D eigenvalue weighted by atomic mass is 9.76. The molecule has 3 aliphatic rings. The summed E-state index contributed by atoms with van der Waals surface area (Å²) in [4.78, 5) is 46.1. The van der Waals surface area contributed by atoms with Crippen LogP contribution in [0.5, 0.6) is 0 Å². The Labute approximate surface area is 211 Å². The van der Waals surface area contributed by atoms with Crippen molar-refractivity contribution in [1.29, 1.82) is 0 Å². The van der Waals surface area contributed by atoms with Crippen molar-refractivity contribution >= 4 is 40.0 Å². The van der Waals surface area contributed by atoms with Crippen LogP contribution in [0.25, 0.3) is 10.9 Å². The monoisotopic (exact) mass is 494 g/mol. The maximum Gasteiger partial charge on any atom is 0.250 e. The predicted octanol–water partition coefficient (Wildman–Crippen LogP) is 3.78. The van der Waals surface area contributed by atoms with Gasteiger partial charge in [0.15, 0.2) is 0 Å². The number of aromatic nitrogens is 1. The third-order valence-electron chi connectivity index (χ3n) is 8.05. The van der Waals surface area contributed by atoms with Gasteiger partial charge in [0.2, 0.25) is 17.7 Å². The number of nitrogens with zero attached hydrogens (tertiary/aromatic N) is 1. The second kappa shape index (κ2) is 7.60. The van der Waals surface area contributed by atoms with Gasteiger partial charge in [0.1, 0.15) is 11.4 Å². The van der Waals surface area contributed by atoms with Crippen LogP contribution in [-0.4, -0.2) is 28.7 Å². The zero-order valence-electron chi connectivity index (χ0n) is 19.9. The number of halogens is 1. The fraction of sp³-hybridized carbons (Fsp3) is 0.207. The first-order valence-electron chi connectivity index (χ1n) is 12.3. The minimum absolute atomic E-state index is 0.354. The molecule has 37 heavy (non-hydrogen) atoms. The lowest BCUT2D eigenvalue weighted by Crippen LogP contribution is -2.53. The number of carbonyl (C=O) groups excluding carboxylic acids is 3. The molecule has 1 spiro atoms. The molecule has 3 amide bonds. The van der Waals surface area contributed by atoms with Crippen molar-refractivity contribution in [3.8, 4) is 0 Å². The highest BCUT2D eigenvalue weighted by Crippen LogP contribution is 2.54. The number of carbonyl (C=O) groups is 3. The summed E-state index contributed by atoms with van der Waals surface area (Å²) in [6, 6.07) is 18.6. The van der Waals surface area contributed by atoms with Gasteiger partial charge < -0.3 is 10.3 Å². The topological polar surface area (TPSA) is 94.3 Å². The summed E-state index contributed by atoms with van der Waals surface area (Å²) in [6.07, 6.45) is 2.31. The third kappa shape index (κ3) is 2.93. The van der Waals surface area contributed by atoms with Crippen LogP contribution in [0.15, 0.2) is 72.9 Å². The first kappa shape index (κ1) is 21.9. The van der Waals surface area contributed by atoms with Crippen LogP contribution in [0.2, 0.25) is 0 Å². The number of amides is 3. The summed E-state index contributed by atoms with van der Waals surface area (Å²) in [7, 11) is 0. The third-order valence-corrected chi connectivity index (χ3v) is 8.05. The molecule has 0 radical (unpaired) electrons. The molecule has 7 nitrogen and oxygen atoms in total. The smallest absolute Gasteiger partial charge is 0.250 e. The van der Waals surface area contributed by atoms with E-state index >= 15 is 0 Å². The number of hydrogen-bond donors (Lipinski definition) is 3. The minimum Gasteiger partial charge on any atom is -0.361 e. The highest BCUT2D eigenvalue weighted by Gasteiger charge is 2.70. The van der Waals surface area contributed by atoms with Crippen molar-refractivity contribution in [3.05, 3.63) is 95.4 Å². The van der Waals surface area contributed by atoms with Crippen LogP contribution in [0, 0.1) is 24.6 Å². The zero-order valence-corrected chi connectivity index (χ0v) is 19.9. The molecule has 3 aromatic carbocycles. The second-order valence-corrected chi connectivity index (χ2v) is 10.1. The summed E-state index contributed by atoms with van der Waals surface area (Å²) in [5, 5.41) is 7.22. The van der Waals surface area contributed by atoms with Crippen molar-refractivity contribution in [2.75, 3.05) is 10.2 Å². The van der Waals surface area contributed by atoms with E-state index < -0.39 is 41.0 Å². The molecule has 4 unspecified atom stereocenters. The Hall–Kier alpha value is -4.30. The quantitative estimate of drug-likeness (QED) is 0.378. The lowest BCUT2D eigenvalue weighted by molar-refractivity contribution is -0.130. The summed E-state index contributed by atoms with van der Waals surface area (Å²) >= 11 is 0. The van der Waals surface area contributed by atoms with Crippen molar-refractivity contribution in [3.63, 3.8) is 0 Å². The maximum atomic E-state index is 14.5. The molecule has 0 aliphatic carbocycles. The average Bonchev–Trinajstić information content (AvgIpc) is 3.58. The zero-order chi connectivity index (χ0) is 25.5. The lowest BCUT2D eigenvalue weighted by Gasteiger charge is -2.29. The summed E-state index contributed by atoms with van der Waals surface area (Å²) < 4.78 is 14.5. The van der Waals surface area contributed by atoms with Crippen molar-refractivity contribution < 1.29 is 18.8 Å². The number of aromatic amines is 1. The van der Waals surface area contributed by atoms with Gasteiger partial charge in [-0.3, -0.25) is 19.7 Å². The van der Waals surface area contributed by atoms with E-state index in [1.807, 2.05) is 43.5 Å². The SMILES string of the molecule is Cc1cccc(N2C(=O)C3C(Cc4c[nH]c5ccccc45)NC4(C(=O)Nc5ccc(F)cc54)C3C2=O)c1. The van der Waals surface area contributed by atoms with Gasteiger partial charge in [-0.2, -0.15) is 0 Å². The van der Waals surface area contributed by atoms with Crippen LogP contribution < -0.4 is 15.5 Å². The molecular formula is C29H23FN4O3. The molecule has 0 saturated carbocycles. The normalized spacial score (nSPS) is 26.3. The van der Waals surface area contributed by atoms with E-state index in [0.29, 0.717) is 23.4 Å². The molecule has 3 aliphatic heterocycles. The van der Waals surface area contributed by atoms with Gasteiger partial charge >= 0.3 is 0 Å². The number of fused-ring (bicyclic) bond motifs is 5. The van der Waals surface area contributed by atoms with Crippen LogP contribution >= 0.6 is 0 Å². The molecular weight excluding hydrogens is 471 g/mol. The number of aryl methyl sites for hydroxylation is 1. The molecule has 7 rings (SSSR count). The van der Waals surface area contributed by atoms with Gasteiger partial charge in [0.25, 0.3) is 0 Å². The van der Waals surface area contributed by atoms with Crippen molar-refractivity contribution in [1.82, 2.24) is 10.3 Å². The van der Waals surface area contributed by atoms with E-state index in [1.54, 1.807) is 18.2 Å². The van der Waals surface area contributed by atoms with Gasteiger partial charge in [0.05, 0.1) is 17.5 Å². The Balaban J connectivity index is 1.39. The van der Waals surface area contributed by atoms with Crippen LogP contribution in [-0.2, 0) is 26.3 Å². The summed E-state index contributed by atoms with van der Waals surface area (Å²) in [5.74, 6) is -3.59. The Morgan fingerprint density at radius 1 is 0.973 bits per heavy atom. The van der Waals surface area contributed by atoms with Gasteiger partial charge in [-0.25, -0.2) is 9.29 Å². The van der Waals surface area contributed by atoms with E-state index in [2.05, 4.69) is 15.6 Å². The van der Waals surface area contributed by atoms with Crippen molar-refractivity contribution in [2.45, 2.75) is 24.9 Å². The molecule has 1 aromatic heterocycles. The van der Waals surface area contributed by atoms with Gasteiger partial charge in [-0.05, 0) is 60.9 Å². The minimum atomic E-state index is -1.55. The maximum absolute atomic E-state index is 14.5. The Kier molecular flexibility index (Phi) is 4.51. The number of benzene rings is 3. The molecule has 3 N–H and O–H groups in total. The van der Waals surface area contributed by atoms with E-state index in [1.165, 1.54) is 23.1 Å². The molecule has 0 bridgehead atoms. The largest absolute Gasteiger partial charge is 0.361 e. The number of H-pyrrole nitrogens is 1. The van der Waals surface area contributed by atoms with Gasteiger partial charge in [0, 0.05) is 34.4 Å². The number of rotatable bonds is 3. The molecule has 4 aromatic rings. The number of hydrogen-bond acceptors (Lipinski definition) is 4. The average molecular weight is 495 g/mol. The molecule has 2 saturated heterocycles. The molecule has 184 valence electrons. The fourth-order valence-electron chi connectivity index (χ4n) is 6.51. The van der Waals surface area contributed by atoms with Crippen molar-refractivity contribution in [2.24, 2.45) is 11.8 Å². The Bertz CT molecular complexity index is 1650. The van der Waals surface area contributed by atoms with E-state index in [9.17, 15) is 18.8 Å². The van der Waals surface area contributed by atoms with E-state index in [-0.39, 0.29) is 5.91 Å². The molecule has 4 atom stereocenters. The van der Waals surface area contributed by atoms with Crippen LogP contribution in [0.4, 0.5) is 15.8 Å². The summed E-state index contributed by atoms with van der Waals surface area (Å²) in [6.45, 7) is 1.89. The Morgan fingerprint density at radius 2 is 1.81 bits per heavy atom. The predicted molar refractivity (Wildman–Crippen MR) is 136 cm³/mol. The van der Waals surface area contributed by atoms with Gasteiger partial charge in [-0.15, -0.1) is 0 Å². The highest BCUT2D eigenvalue weighted by molar-refractivity contribution is 6.25. The highest BCUT2D eigenvalue weighted by atomic mass is 19.1. The molecule has 8 heteroatoms. The number of para-hydroxylation sites is 1. The first-order chi connectivity index (χ1) is 17.9. The van der Waals surface area contributed by atoms with E-state index in [4.69, 9.17) is 0 Å². The number of anilines is 2. The van der Waals surface area contributed by atoms with Crippen LogP contribution in [0.3, 0.4) is 0 Å².